The molecule has 0 aliphatic carbocycles. The summed E-state index contributed by atoms with van der Waals surface area (Å²) in [6.07, 6.45) is 1.86. The van der Waals surface area contributed by atoms with Gasteiger partial charge >= 0.3 is 0 Å². The standard InChI is InChI=1S/C12H15IO/c1-5-10-8(2)6-7-11(9(3)13)12(10)14-4/h5-7,9H,1H2,2-4H3. The molecule has 76 valence electrons. The van der Waals surface area contributed by atoms with Gasteiger partial charge in [-0.3, -0.25) is 0 Å². The fourth-order valence-electron chi connectivity index (χ4n) is 1.51. The van der Waals surface area contributed by atoms with Crippen molar-refractivity contribution < 1.29 is 4.74 Å². The van der Waals surface area contributed by atoms with Crippen molar-refractivity contribution in [1.29, 1.82) is 0 Å². The van der Waals surface area contributed by atoms with E-state index in [1.807, 2.05) is 6.08 Å². The van der Waals surface area contributed by atoms with Crippen molar-refractivity contribution in [1.82, 2.24) is 0 Å². The zero-order valence-electron chi connectivity index (χ0n) is 8.80. The van der Waals surface area contributed by atoms with Crippen LogP contribution in [0.15, 0.2) is 18.7 Å². The van der Waals surface area contributed by atoms with Crippen molar-refractivity contribution in [2.75, 3.05) is 7.11 Å². The third-order valence-corrected chi connectivity index (χ3v) is 2.95. The Morgan fingerprint density at radius 2 is 2.14 bits per heavy atom. The lowest BCUT2D eigenvalue weighted by molar-refractivity contribution is 0.409. The van der Waals surface area contributed by atoms with Gasteiger partial charge in [0.05, 0.1) is 7.11 Å². The molecular weight excluding hydrogens is 287 g/mol. The minimum Gasteiger partial charge on any atom is -0.496 e. The van der Waals surface area contributed by atoms with E-state index in [-0.39, 0.29) is 0 Å². The Labute approximate surface area is 99.3 Å². The first kappa shape index (κ1) is 11.6. The van der Waals surface area contributed by atoms with Gasteiger partial charge in [0.2, 0.25) is 0 Å². The molecule has 1 aromatic carbocycles. The molecule has 1 rings (SSSR count). The Balaban J connectivity index is 3.40. The average molecular weight is 302 g/mol. The second-order valence-corrected chi connectivity index (χ2v) is 5.11. The lowest BCUT2D eigenvalue weighted by Gasteiger charge is -2.15. The molecule has 2 heteroatoms. The van der Waals surface area contributed by atoms with E-state index in [4.69, 9.17) is 4.74 Å². The van der Waals surface area contributed by atoms with Crippen LogP contribution in [0, 0.1) is 6.92 Å². The summed E-state index contributed by atoms with van der Waals surface area (Å²) in [4.78, 5) is 0. The summed E-state index contributed by atoms with van der Waals surface area (Å²) in [5, 5.41) is 0. The molecule has 0 aliphatic heterocycles. The van der Waals surface area contributed by atoms with E-state index in [0.717, 1.165) is 11.3 Å². The summed E-state index contributed by atoms with van der Waals surface area (Å²) in [6, 6.07) is 4.24. The third kappa shape index (κ3) is 2.11. The highest BCUT2D eigenvalue weighted by atomic mass is 127. The van der Waals surface area contributed by atoms with Gasteiger partial charge in [-0.25, -0.2) is 0 Å². The zero-order valence-corrected chi connectivity index (χ0v) is 11.0. The minimum absolute atomic E-state index is 0.446. The molecule has 0 saturated carbocycles. The van der Waals surface area contributed by atoms with Crippen molar-refractivity contribution in [2.24, 2.45) is 0 Å². The molecule has 1 unspecified atom stereocenters. The van der Waals surface area contributed by atoms with Crippen molar-refractivity contribution in [2.45, 2.75) is 17.8 Å². The van der Waals surface area contributed by atoms with Gasteiger partial charge in [0, 0.05) is 15.1 Å². The van der Waals surface area contributed by atoms with Gasteiger partial charge in [0.15, 0.2) is 0 Å². The van der Waals surface area contributed by atoms with Gasteiger partial charge in [0.1, 0.15) is 5.75 Å². The van der Waals surface area contributed by atoms with Crippen LogP contribution in [0.1, 0.15) is 27.5 Å². The largest absolute Gasteiger partial charge is 0.496 e. The molecule has 0 radical (unpaired) electrons. The first-order chi connectivity index (χ1) is 6.61. The number of hydrogen-bond acceptors (Lipinski definition) is 1. The summed E-state index contributed by atoms with van der Waals surface area (Å²) >= 11 is 2.39. The molecule has 0 aliphatic rings. The fraction of sp³-hybridized carbons (Fsp3) is 0.333. The molecule has 0 fully saturated rings. The van der Waals surface area contributed by atoms with E-state index >= 15 is 0 Å². The monoisotopic (exact) mass is 302 g/mol. The number of hydrogen-bond donors (Lipinski definition) is 0. The molecule has 14 heavy (non-hydrogen) atoms. The molecule has 1 nitrogen and oxygen atoms in total. The van der Waals surface area contributed by atoms with Gasteiger partial charge in [0.25, 0.3) is 0 Å². The maximum absolute atomic E-state index is 5.43. The van der Waals surface area contributed by atoms with E-state index in [1.54, 1.807) is 7.11 Å². The van der Waals surface area contributed by atoms with Crippen molar-refractivity contribution in [3.63, 3.8) is 0 Å². The second kappa shape index (κ2) is 4.82. The van der Waals surface area contributed by atoms with Crippen LogP contribution in [0.25, 0.3) is 6.08 Å². The van der Waals surface area contributed by atoms with Gasteiger partial charge in [-0.2, -0.15) is 0 Å². The Bertz CT molecular complexity index is 342. The van der Waals surface area contributed by atoms with Gasteiger partial charge in [-0.05, 0) is 19.4 Å². The van der Waals surface area contributed by atoms with Crippen LogP contribution < -0.4 is 4.74 Å². The molecule has 0 heterocycles. The van der Waals surface area contributed by atoms with Crippen LogP contribution in [-0.2, 0) is 0 Å². The van der Waals surface area contributed by atoms with Crippen LogP contribution in [0.3, 0.4) is 0 Å². The molecular formula is C12H15IO. The SMILES string of the molecule is C=Cc1c(C)ccc(C(C)I)c1OC. The maximum Gasteiger partial charge on any atom is 0.130 e. The molecule has 0 bridgehead atoms. The number of halogens is 1. The lowest BCUT2D eigenvalue weighted by atomic mass is 10.0. The number of ether oxygens (including phenoxy) is 1. The predicted octanol–water partition coefficient (Wildman–Crippen LogP) is 4.14. The molecule has 0 saturated heterocycles. The summed E-state index contributed by atoms with van der Waals surface area (Å²) in [5.74, 6) is 0.960. The van der Waals surface area contributed by atoms with Crippen LogP contribution in [0.2, 0.25) is 0 Å². The minimum atomic E-state index is 0.446. The average Bonchev–Trinajstić information content (AvgIpc) is 2.16. The van der Waals surface area contributed by atoms with Gasteiger partial charge in [-0.1, -0.05) is 47.4 Å². The summed E-state index contributed by atoms with van der Waals surface area (Å²) in [5.41, 5.74) is 3.54. The van der Waals surface area contributed by atoms with Gasteiger partial charge < -0.3 is 4.74 Å². The topological polar surface area (TPSA) is 9.23 Å². The summed E-state index contributed by atoms with van der Waals surface area (Å²) in [6.45, 7) is 8.04. The van der Waals surface area contributed by atoms with Crippen LogP contribution in [-0.4, -0.2) is 7.11 Å². The maximum atomic E-state index is 5.43. The first-order valence-electron chi connectivity index (χ1n) is 4.55. The molecule has 1 atom stereocenters. The Morgan fingerprint density at radius 1 is 1.50 bits per heavy atom. The van der Waals surface area contributed by atoms with E-state index in [2.05, 4.69) is 55.2 Å². The van der Waals surface area contributed by atoms with Crippen LogP contribution >= 0.6 is 22.6 Å². The van der Waals surface area contributed by atoms with E-state index < -0.39 is 0 Å². The van der Waals surface area contributed by atoms with Crippen molar-refractivity contribution >= 4 is 28.7 Å². The molecule has 1 aromatic rings. The number of alkyl halides is 1. The van der Waals surface area contributed by atoms with E-state index in [0.29, 0.717) is 3.92 Å². The van der Waals surface area contributed by atoms with Crippen LogP contribution in [0.5, 0.6) is 5.75 Å². The summed E-state index contributed by atoms with van der Waals surface area (Å²) in [7, 11) is 1.71. The highest BCUT2D eigenvalue weighted by Gasteiger charge is 2.12. The number of aryl methyl sites for hydroxylation is 1. The molecule has 0 N–H and O–H groups in total. The third-order valence-electron chi connectivity index (χ3n) is 2.28. The quantitative estimate of drug-likeness (QED) is 0.602. The second-order valence-electron chi connectivity index (χ2n) is 3.24. The lowest BCUT2D eigenvalue weighted by Crippen LogP contribution is -1.96. The van der Waals surface area contributed by atoms with Crippen molar-refractivity contribution in [3.8, 4) is 5.75 Å². The highest BCUT2D eigenvalue weighted by Crippen LogP contribution is 2.35. The molecule has 0 amide bonds. The Hall–Kier alpha value is -0.510. The number of methoxy groups -OCH3 is 1. The normalized spacial score (nSPS) is 12.3. The van der Waals surface area contributed by atoms with Gasteiger partial charge in [-0.15, -0.1) is 0 Å². The predicted molar refractivity (Wildman–Crippen MR) is 70.3 cm³/mol. The molecule has 0 spiro atoms. The van der Waals surface area contributed by atoms with E-state index in [9.17, 15) is 0 Å². The first-order valence-corrected chi connectivity index (χ1v) is 5.80. The fourth-order valence-corrected chi connectivity index (χ4v) is 2.00. The zero-order chi connectivity index (χ0) is 10.7. The number of benzene rings is 1. The van der Waals surface area contributed by atoms with E-state index in [1.165, 1.54) is 11.1 Å². The molecule has 0 aromatic heterocycles. The number of rotatable bonds is 3. The Morgan fingerprint density at radius 3 is 2.57 bits per heavy atom. The van der Waals surface area contributed by atoms with Crippen LogP contribution in [0.4, 0.5) is 0 Å². The highest BCUT2D eigenvalue weighted by molar-refractivity contribution is 14.1. The smallest absolute Gasteiger partial charge is 0.130 e. The Kier molecular flexibility index (Phi) is 3.98. The van der Waals surface area contributed by atoms with Crippen molar-refractivity contribution in [3.05, 3.63) is 35.4 Å². The summed E-state index contributed by atoms with van der Waals surface area (Å²) < 4.78 is 5.88.